The molecular formula is C55H35N3. The van der Waals surface area contributed by atoms with Gasteiger partial charge < -0.3 is 0 Å². The summed E-state index contributed by atoms with van der Waals surface area (Å²) in [4.78, 5) is 15.5. The first-order valence-electron chi connectivity index (χ1n) is 19.7. The van der Waals surface area contributed by atoms with Crippen molar-refractivity contribution in [3.63, 3.8) is 0 Å². The topological polar surface area (TPSA) is 38.7 Å². The minimum Gasteiger partial charge on any atom is -0.208 e. The Labute approximate surface area is 336 Å². The van der Waals surface area contributed by atoms with Crippen LogP contribution in [0.3, 0.4) is 0 Å². The van der Waals surface area contributed by atoms with Gasteiger partial charge in [-0.3, -0.25) is 0 Å². The highest BCUT2D eigenvalue weighted by molar-refractivity contribution is 6.22. The van der Waals surface area contributed by atoms with E-state index in [0.717, 1.165) is 33.0 Å². The molecule has 10 aromatic carbocycles. The first-order chi connectivity index (χ1) is 28.7. The third-order valence-electron chi connectivity index (χ3n) is 11.3. The smallest absolute Gasteiger partial charge is 0.164 e. The van der Waals surface area contributed by atoms with Crippen LogP contribution in [0.4, 0.5) is 0 Å². The minimum atomic E-state index is 0.630. The van der Waals surface area contributed by atoms with E-state index in [1.54, 1.807) is 0 Å². The first-order valence-corrected chi connectivity index (χ1v) is 19.7. The fraction of sp³-hybridized carbons (Fsp3) is 0. The molecule has 0 amide bonds. The van der Waals surface area contributed by atoms with Crippen LogP contribution in [0.25, 0.3) is 111 Å². The average molecular weight is 738 g/mol. The Hall–Kier alpha value is -7.75. The maximum absolute atomic E-state index is 5.20. The van der Waals surface area contributed by atoms with E-state index >= 15 is 0 Å². The number of hydrogen-bond acceptors (Lipinski definition) is 3. The average Bonchev–Trinajstić information content (AvgIpc) is 3.30. The number of rotatable bonds is 6. The van der Waals surface area contributed by atoms with Gasteiger partial charge in [-0.25, -0.2) is 15.0 Å². The summed E-state index contributed by atoms with van der Waals surface area (Å²) in [7, 11) is 0. The van der Waals surface area contributed by atoms with E-state index in [0.29, 0.717) is 17.5 Å². The molecule has 3 heteroatoms. The SMILES string of the molecule is c1ccc(-c2ccccc2-c2c3ccccc3c(-c3cccc(-c4nc(-c5ccc6ccccc6c5)nc(-c5ccc6ccccc6c5)n4)c3)c3ccccc23)cc1. The second kappa shape index (κ2) is 14.1. The monoisotopic (exact) mass is 737 g/mol. The van der Waals surface area contributed by atoms with Gasteiger partial charge in [0.05, 0.1) is 0 Å². The lowest BCUT2D eigenvalue weighted by Gasteiger charge is -2.20. The van der Waals surface area contributed by atoms with Gasteiger partial charge in [0, 0.05) is 16.7 Å². The van der Waals surface area contributed by atoms with Crippen LogP contribution in [0.15, 0.2) is 212 Å². The van der Waals surface area contributed by atoms with Crippen molar-refractivity contribution in [2.24, 2.45) is 0 Å². The Balaban J connectivity index is 1.12. The highest BCUT2D eigenvalue weighted by Crippen LogP contribution is 2.46. The summed E-state index contributed by atoms with van der Waals surface area (Å²) in [6, 6.07) is 75.5. The van der Waals surface area contributed by atoms with Crippen LogP contribution < -0.4 is 0 Å². The molecule has 0 bridgehead atoms. The normalized spacial score (nSPS) is 11.4. The number of benzene rings is 10. The molecule has 0 aliphatic carbocycles. The summed E-state index contributed by atoms with van der Waals surface area (Å²) >= 11 is 0. The van der Waals surface area contributed by atoms with Crippen LogP contribution >= 0.6 is 0 Å². The van der Waals surface area contributed by atoms with Crippen molar-refractivity contribution >= 4 is 43.1 Å². The number of aromatic nitrogens is 3. The molecule has 0 saturated heterocycles. The van der Waals surface area contributed by atoms with Crippen molar-refractivity contribution in [2.75, 3.05) is 0 Å². The predicted molar refractivity (Wildman–Crippen MR) is 242 cm³/mol. The number of hydrogen-bond donors (Lipinski definition) is 0. The van der Waals surface area contributed by atoms with Crippen molar-refractivity contribution in [1.29, 1.82) is 0 Å². The van der Waals surface area contributed by atoms with Gasteiger partial charge >= 0.3 is 0 Å². The van der Waals surface area contributed by atoms with Gasteiger partial charge in [0.25, 0.3) is 0 Å². The van der Waals surface area contributed by atoms with E-state index in [1.165, 1.54) is 60.1 Å². The fourth-order valence-corrected chi connectivity index (χ4v) is 8.53. The lowest BCUT2D eigenvalue weighted by molar-refractivity contribution is 1.08. The van der Waals surface area contributed by atoms with E-state index in [9.17, 15) is 0 Å². The molecule has 1 heterocycles. The standard InChI is InChI=1S/C55H35N3/c1-2-17-38(18-3-1)45-23-8-9-24-46(45)52-49-27-12-10-25-47(49)51(48-26-11-13-28-50(48)52)41-21-14-22-42(35-41)53-56-54(43-31-29-36-15-4-6-19-39(36)33-43)58-55(57-53)44-32-30-37-16-5-7-20-40(37)34-44/h1-35H. The maximum atomic E-state index is 5.20. The Morgan fingerprint density at radius 1 is 0.224 bits per heavy atom. The van der Waals surface area contributed by atoms with Crippen LogP contribution in [0, 0.1) is 0 Å². The number of fused-ring (bicyclic) bond motifs is 4. The molecule has 0 fully saturated rings. The maximum Gasteiger partial charge on any atom is 0.164 e. The molecule has 11 aromatic rings. The summed E-state index contributed by atoms with van der Waals surface area (Å²) in [6.45, 7) is 0. The first kappa shape index (κ1) is 33.6. The molecule has 1 aromatic heterocycles. The molecule has 0 spiro atoms. The lowest BCUT2D eigenvalue weighted by atomic mass is 9.83. The van der Waals surface area contributed by atoms with Crippen molar-refractivity contribution in [3.05, 3.63) is 212 Å². The van der Waals surface area contributed by atoms with E-state index in [1.807, 2.05) is 0 Å². The molecule has 0 aliphatic heterocycles. The van der Waals surface area contributed by atoms with E-state index < -0.39 is 0 Å². The van der Waals surface area contributed by atoms with E-state index in [-0.39, 0.29) is 0 Å². The van der Waals surface area contributed by atoms with Crippen molar-refractivity contribution in [3.8, 4) is 67.5 Å². The fourth-order valence-electron chi connectivity index (χ4n) is 8.53. The number of nitrogens with zero attached hydrogens (tertiary/aromatic N) is 3. The molecule has 270 valence electrons. The summed E-state index contributed by atoms with van der Waals surface area (Å²) < 4.78 is 0. The zero-order valence-electron chi connectivity index (χ0n) is 31.5. The summed E-state index contributed by atoms with van der Waals surface area (Å²) in [5.41, 5.74) is 9.99. The Bertz CT molecular complexity index is 3200. The molecule has 0 saturated carbocycles. The molecule has 0 atom stereocenters. The van der Waals surface area contributed by atoms with E-state index in [2.05, 4.69) is 212 Å². The van der Waals surface area contributed by atoms with Gasteiger partial charge in [-0.15, -0.1) is 0 Å². The summed E-state index contributed by atoms with van der Waals surface area (Å²) in [6.07, 6.45) is 0. The van der Waals surface area contributed by atoms with Crippen LogP contribution in [0.1, 0.15) is 0 Å². The lowest BCUT2D eigenvalue weighted by Crippen LogP contribution is -2.00. The molecule has 0 aliphatic rings. The minimum absolute atomic E-state index is 0.630. The van der Waals surface area contributed by atoms with Gasteiger partial charge in [0.15, 0.2) is 17.5 Å². The zero-order chi connectivity index (χ0) is 38.4. The molecule has 0 unspecified atom stereocenters. The summed E-state index contributed by atoms with van der Waals surface area (Å²) in [5.74, 6) is 1.91. The van der Waals surface area contributed by atoms with Crippen LogP contribution in [0.5, 0.6) is 0 Å². The Morgan fingerprint density at radius 2 is 0.621 bits per heavy atom. The predicted octanol–water partition coefficient (Wildman–Crippen LogP) is 14.5. The molecule has 0 N–H and O–H groups in total. The second-order valence-corrected chi connectivity index (χ2v) is 14.8. The van der Waals surface area contributed by atoms with Gasteiger partial charge in [0.1, 0.15) is 0 Å². The van der Waals surface area contributed by atoms with Gasteiger partial charge in [0.2, 0.25) is 0 Å². The zero-order valence-corrected chi connectivity index (χ0v) is 31.5. The Morgan fingerprint density at radius 3 is 1.17 bits per heavy atom. The van der Waals surface area contributed by atoms with Crippen LogP contribution in [-0.4, -0.2) is 15.0 Å². The molecule has 3 nitrogen and oxygen atoms in total. The second-order valence-electron chi connectivity index (χ2n) is 14.8. The molecular weight excluding hydrogens is 703 g/mol. The van der Waals surface area contributed by atoms with Crippen LogP contribution in [0.2, 0.25) is 0 Å². The largest absolute Gasteiger partial charge is 0.208 e. The highest BCUT2D eigenvalue weighted by atomic mass is 15.0. The molecule has 11 rings (SSSR count). The highest BCUT2D eigenvalue weighted by Gasteiger charge is 2.20. The van der Waals surface area contributed by atoms with Crippen molar-refractivity contribution in [2.45, 2.75) is 0 Å². The quantitative estimate of drug-likeness (QED) is 0.160. The Kier molecular flexibility index (Phi) is 8.15. The summed E-state index contributed by atoms with van der Waals surface area (Å²) in [5, 5.41) is 9.45. The third-order valence-corrected chi connectivity index (χ3v) is 11.3. The van der Waals surface area contributed by atoms with Crippen LogP contribution in [-0.2, 0) is 0 Å². The van der Waals surface area contributed by atoms with Crippen molar-refractivity contribution < 1.29 is 0 Å². The third kappa shape index (κ3) is 5.89. The molecule has 58 heavy (non-hydrogen) atoms. The van der Waals surface area contributed by atoms with Gasteiger partial charge in [-0.1, -0.05) is 194 Å². The molecule has 0 radical (unpaired) electrons. The van der Waals surface area contributed by atoms with E-state index in [4.69, 9.17) is 15.0 Å². The van der Waals surface area contributed by atoms with Gasteiger partial charge in [-0.2, -0.15) is 0 Å². The van der Waals surface area contributed by atoms with Crippen molar-refractivity contribution in [1.82, 2.24) is 15.0 Å². The van der Waals surface area contributed by atoms with Gasteiger partial charge in [-0.05, 0) is 94.7 Å².